The van der Waals surface area contributed by atoms with Crippen LogP contribution >= 0.6 is 0 Å². The van der Waals surface area contributed by atoms with Gasteiger partial charge in [-0.15, -0.1) is 0 Å². The van der Waals surface area contributed by atoms with Crippen molar-refractivity contribution in [3.05, 3.63) is 12.2 Å². The maximum absolute atomic E-state index is 11.4. The van der Waals surface area contributed by atoms with E-state index in [1.807, 2.05) is 0 Å². The summed E-state index contributed by atoms with van der Waals surface area (Å²) in [6, 6.07) is 0. The van der Waals surface area contributed by atoms with Crippen molar-refractivity contribution < 1.29 is 38.1 Å². The van der Waals surface area contributed by atoms with Gasteiger partial charge in [0.1, 0.15) is 0 Å². The van der Waals surface area contributed by atoms with Crippen molar-refractivity contribution in [2.75, 3.05) is 13.2 Å². The van der Waals surface area contributed by atoms with Gasteiger partial charge in [0.05, 0.1) is 13.2 Å². The SMILES string of the molecule is CCOC(=O)[C@H](C)OC(=O)C=CC(=O)O[C@@H](C)C(=O)OCC. The van der Waals surface area contributed by atoms with Gasteiger partial charge in [0.25, 0.3) is 0 Å². The van der Waals surface area contributed by atoms with Gasteiger partial charge in [0.2, 0.25) is 0 Å². The molecule has 0 aromatic rings. The van der Waals surface area contributed by atoms with Gasteiger partial charge in [0, 0.05) is 12.2 Å². The van der Waals surface area contributed by atoms with Crippen LogP contribution in [0.2, 0.25) is 0 Å². The van der Waals surface area contributed by atoms with Gasteiger partial charge in [-0.1, -0.05) is 0 Å². The minimum Gasteiger partial charge on any atom is -0.463 e. The molecule has 8 heteroatoms. The van der Waals surface area contributed by atoms with Crippen LogP contribution in [0.4, 0.5) is 0 Å². The van der Waals surface area contributed by atoms with Gasteiger partial charge in [-0.25, -0.2) is 19.2 Å². The molecule has 0 aromatic carbocycles. The third-order valence-corrected chi connectivity index (χ3v) is 2.18. The lowest BCUT2D eigenvalue weighted by Gasteiger charge is -2.11. The molecule has 0 aliphatic rings. The van der Waals surface area contributed by atoms with Crippen molar-refractivity contribution in [2.24, 2.45) is 0 Å². The fraction of sp³-hybridized carbons (Fsp3) is 0.571. The minimum atomic E-state index is -1.09. The molecule has 22 heavy (non-hydrogen) atoms. The van der Waals surface area contributed by atoms with Gasteiger partial charge < -0.3 is 18.9 Å². The lowest BCUT2D eigenvalue weighted by atomic mass is 10.4. The van der Waals surface area contributed by atoms with Crippen molar-refractivity contribution in [2.45, 2.75) is 39.9 Å². The highest BCUT2D eigenvalue weighted by molar-refractivity contribution is 5.93. The van der Waals surface area contributed by atoms with E-state index in [1.54, 1.807) is 13.8 Å². The zero-order valence-corrected chi connectivity index (χ0v) is 13.0. The number of hydrogen-bond acceptors (Lipinski definition) is 8. The largest absolute Gasteiger partial charge is 0.463 e. The number of hydrogen-bond donors (Lipinski definition) is 0. The molecule has 0 bridgehead atoms. The Labute approximate surface area is 128 Å². The third kappa shape index (κ3) is 8.03. The Morgan fingerprint density at radius 3 is 1.36 bits per heavy atom. The zero-order valence-electron chi connectivity index (χ0n) is 13.0. The maximum Gasteiger partial charge on any atom is 0.347 e. The molecule has 0 aliphatic heterocycles. The normalized spacial score (nSPS) is 13.1. The Morgan fingerprint density at radius 2 is 1.09 bits per heavy atom. The monoisotopic (exact) mass is 316 g/mol. The maximum atomic E-state index is 11.4. The molecule has 0 fully saturated rings. The summed E-state index contributed by atoms with van der Waals surface area (Å²) in [6.07, 6.45) is -0.607. The van der Waals surface area contributed by atoms with Crippen molar-refractivity contribution in [1.82, 2.24) is 0 Å². The molecular weight excluding hydrogens is 296 g/mol. The van der Waals surface area contributed by atoms with Crippen molar-refractivity contribution in [1.29, 1.82) is 0 Å². The quantitative estimate of drug-likeness (QED) is 0.363. The van der Waals surface area contributed by atoms with Gasteiger partial charge in [-0.05, 0) is 27.7 Å². The second-order valence-corrected chi connectivity index (χ2v) is 4.00. The van der Waals surface area contributed by atoms with Crippen LogP contribution in [0, 0.1) is 0 Å². The number of esters is 4. The highest BCUT2D eigenvalue weighted by atomic mass is 16.6. The smallest absolute Gasteiger partial charge is 0.347 e. The van der Waals surface area contributed by atoms with Crippen LogP contribution in [0.25, 0.3) is 0 Å². The predicted molar refractivity (Wildman–Crippen MR) is 73.5 cm³/mol. The molecule has 0 aromatic heterocycles. The predicted octanol–water partition coefficient (Wildman–Crippen LogP) is 0.532. The van der Waals surface area contributed by atoms with Crippen LogP contribution in [-0.4, -0.2) is 49.3 Å². The molecule has 0 spiro atoms. The van der Waals surface area contributed by atoms with E-state index in [0.717, 1.165) is 12.2 Å². The average molecular weight is 316 g/mol. The second kappa shape index (κ2) is 10.4. The van der Waals surface area contributed by atoms with Crippen LogP contribution in [0.15, 0.2) is 12.2 Å². The van der Waals surface area contributed by atoms with Crippen LogP contribution in [0.5, 0.6) is 0 Å². The zero-order chi connectivity index (χ0) is 17.1. The summed E-state index contributed by atoms with van der Waals surface area (Å²) >= 11 is 0. The minimum absolute atomic E-state index is 0.161. The highest BCUT2D eigenvalue weighted by Crippen LogP contribution is 1.99. The molecule has 0 N–H and O–H groups in total. The van der Waals surface area contributed by atoms with E-state index >= 15 is 0 Å². The van der Waals surface area contributed by atoms with Gasteiger partial charge in [-0.3, -0.25) is 0 Å². The first-order valence-electron chi connectivity index (χ1n) is 6.74. The van der Waals surface area contributed by atoms with Gasteiger partial charge >= 0.3 is 23.9 Å². The Hall–Kier alpha value is -2.38. The van der Waals surface area contributed by atoms with Gasteiger partial charge in [0.15, 0.2) is 12.2 Å². The Balaban J connectivity index is 4.29. The summed E-state index contributed by atoms with van der Waals surface area (Å²) in [5.41, 5.74) is 0. The summed E-state index contributed by atoms with van der Waals surface area (Å²) in [5, 5.41) is 0. The first-order valence-corrected chi connectivity index (χ1v) is 6.74. The summed E-state index contributed by atoms with van der Waals surface area (Å²) < 4.78 is 18.7. The fourth-order valence-corrected chi connectivity index (χ4v) is 1.18. The van der Waals surface area contributed by atoms with E-state index in [9.17, 15) is 19.2 Å². The third-order valence-electron chi connectivity index (χ3n) is 2.18. The number of rotatable bonds is 8. The highest BCUT2D eigenvalue weighted by Gasteiger charge is 2.19. The van der Waals surface area contributed by atoms with E-state index in [1.165, 1.54) is 13.8 Å². The molecule has 0 amide bonds. The molecule has 0 aliphatic carbocycles. The summed E-state index contributed by atoms with van der Waals surface area (Å²) in [6.45, 7) is 6.24. The molecule has 0 heterocycles. The first-order chi connectivity index (χ1) is 10.3. The Bertz CT molecular complexity index is 400. The number of carbonyl (C=O) groups is 4. The van der Waals surface area contributed by atoms with E-state index in [4.69, 9.17) is 9.47 Å². The Kier molecular flexibility index (Phi) is 9.24. The van der Waals surface area contributed by atoms with Crippen molar-refractivity contribution >= 4 is 23.9 Å². The molecule has 0 rings (SSSR count). The van der Waals surface area contributed by atoms with Gasteiger partial charge in [-0.2, -0.15) is 0 Å². The number of carbonyl (C=O) groups excluding carboxylic acids is 4. The standard InChI is InChI=1S/C14H20O8/c1-5-19-13(17)9(3)21-11(15)7-8-12(16)22-10(4)14(18)20-6-2/h7-10H,5-6H2,1-4H3/t9-,10-/m0/s1. The summed E-state index contributed by atoms with van der Waals surface area (Å²) in [7, 11) is 0. The van der Waals surface area contributed by atoms with E-state index < -0.39 is 36.1 Å². The molecule has 8 nitrogen and oxygen atoms in total. The fourth-order valence-electron chi connectivity index (χ4n) is 1.18. The molecule has 0 radical (unpaired) electrons. The average Bonchev–Trinajstić information content (AvgIpc) is 2.45. The van der Waals surface area contributed by atoms with E-state index in [2.05, 4.69) is 9.47 Å². The van der Waals surface area contributed by atoms with Crippen LogP contribution in [-0.2, 0) is 38.1 Å². The van der Waals surface area contributed by atoms with Crippen molar-refractivity contribution in [3.63, 3.8) is 0 Å². The lowest BCUT2D eigenvalue weighted by Crippen LogP contribution is -2.26. The summed E-state index contributed by atoms with van der Waals surface area (Å²) in [4.78, 5) is 45.2. The molecule has 124 valence electrons. The molecular formula is C14H20O8. The molecule has 0 saturated carbocycles. The molecule has 2 atom stereocenters. The Morgan fingerprint density at radius 1 is 0.773 bits per heavy atom. The topological polar surface area (TPSA) is 105 Å². The first kappa shape index (κ1) is 19.6. The van der Waals surface area contributed by atoms with Crippen molar-refractivity contribution in [3.8, 4) is 0 Å². The van der Waals surface area contributed by atoms with Crippen LogP contribution in [0.1, 0.15) is 27.7 Å². The number of ether oxygens (including phenoxy) is 4. The summed E-state index contributed by atoms with van der Waals surface area (Å²) in [5.74, 6) is -3.21. The molecule has 0 saturated heterocycles. The molecule has 0 unspecified atom stereocenters. The van der Waals surface area contributed by atoms with E-state index in [0.29, 0.717) is 0 Å². The van der Waals surface area contributed by atoms with Crippen LogP contribution in [0.3, 0.4) is 0 Å². The lowest BCUT2D eigenvalue weighted by molar-refractivity contribution is -0.164. The van der Waals surface area contributed by atoms with E-state index in [-0.39, 0.29) is 13.2 Å². The second-order valence-electron chi connectivity index (χ2n) is 4.00. The van der Waals surface area contributed by atoms with Crippen LogP contribution < -0.4 is 0 Å².